The first kappa shape index (κ1) is 10.5. The number of primary amides is 1. The van der Waals surface area contributed by atoms with Gasteiger partial charge >= 0.3 is 0 Å². The minimum atomic E-state index is -0.431. The van der Waals surface area contributed by atoms with Gasteiger partial charge in [-0.25, -0.2) is 0 Å². The topological polar surface area (TPSA) is 78.3 Å². The quantitative estimate of drug-likeness (QED) is 0.656. The van der Waals surface area contributed by atoms with Gasteiger partial charge in [0, 0.05) is 5.54 Å². The highest BCUT2D eigenvalue weighted by molar-refractivity contribution is 5.74. The second-order valence-corrected chi connectivity index (χ2v) is 3.88. The molecule has 0 atom stereocenters. The molecule has 0 radical (unpaired) electrons. The molecule has 0 heterocycles. The zero-order valence-electron chi connectivity index (χ0n) is 7.92. The van der Waals surface area contributed by atoms with Crippen LogP contribution in [0.15, 0.2) is 0 Å². The lowest BCUT2D eigenvalue weighted by Gasteiger charge is -2.32. The summed E-state index contributed by atoms with van der Waals surface area (Å²) in [6.45, 7) is 0.439. The molecule has 13 heavy (non-hydrogen) atoms. The summed E-state index contributed by atoms with van der Waals surface area (Å²) in [6, 6.07) is 0. The molecule has 0 aliphatic heterocycles. The lowest BCUT2D eigenvalue weighted by Crippen LogP contribution is -2.46. The average Bonchev–Trinajstić information content (AvgIpc) is 2.04. The fraction of sp³-hybridized carbons (Fsp3) is 0.889. The van der Waals surface area contributed by atoms with E-state index in [9.17, 15) is 4.79 Å². The van der Waals surface area contributed by atoms with E-state index in [1.165, 1.54) is 6.42 Å². The molecule has 1 saturated carbocycles. The van der Waals surface area contributed by atoms with Crippen LogP contribution in [-0.2, 0) is 9.53 Å². The predicted molar refractivity (Wildman–Crippen MR) is 50.0 cm³/mol. The molecule has 1 aliphatic rings. The van der Waals surface area contributed by atoms with Crippen molar-refractivity contribution in [2.75, 3.05) is 13.2 Å². The van der Waals surface area contributed by atoms with Crippen LogP contribution in [0.2, 0.25) is 0 Å². The van der Waals surface area contributed by atoms with Crippen LogP contribution in [0, 0.1) is 0 Å². The molecule has 0 unspecified atom stereocenters. The van der Waals surface area contributed by atoms with E-state index in [1.54, 1.807) is 0 Å². The summed E-state index contributed by atoms with van der Waals surface area (Å²) in [5, 5.41) is 0. The molecule has 0 spiro atoms. The van der Waals surface area contributed by atoms with E-state index in [0.717, 1.165) is 25.7 Å². The van der Waals surface area contributed by atoms with Crippen LogP contribution in [-0.4, -0.2) is 24.7 Å². The molecule has 0 aromatic heterocycles. The second-order valence-electron chi connectivity index (χ2n) is 3.88. The molecular weight excluding hydrogens is 168 g/mol. The van der Waals surface area contributed by atoms with Crippen LogP contribution < -0.4 is 11.5 Å². The van der Waals surface area contributed by atoms with E-state index in [1.807, 2.05) is 0 Å². The molecule has 0 aromatic carbocycles. The first-order chi connectivity index (χ1) is 6.12. The Morgan fingerprint density at radius 3 is 2.46 bits per heavy atom. The number of carbonyl (C=O) groups excluding carboxylic acids is 1. The van der Waals surface area contributed by atoms with Gasteiger partial charge in [0.25, 0.3) is 0 Å². The lowest BCUT2D eigenvalue weighted by molar-refractivity contribution is -0.123. The summed E-state index contributed by atoms with van der Waals surface area (Å²) in [4.78, 5) is 10.4. The Kier molecular flexibility index (Phi) is 3.69. The SMILES string of the molecule is NC(=O)COCC1(N)CCCCC1. The summed E-state index contributed by atoms with van der Waals surface area (Å²) < 4.78 is 5.14. The Morgan fingerprint density at radius 1 is 1.31 bits per heavy atom. The molecule has 1 rings (SSSR count). The van der Waals surface area contributed by atoms with Crippen LogP contribution in [0.3, 0.4) is 0 Å². The minimum absolute atomic E-state index is 0.0149. The zero-order valence-corrected chi connectivity index (χ0v) is 7.92. The van der Waals surface area contributed by atoms with Crippen molar-refractivity contribution in [2.45, 2.75) is 37.6 Å². The van der Waals surface area contributed by atoms with E-state index < -0.39 is 5.91 Å². The molecule has 1 fully saturated rings. The minimum Gasteiger partial charge on any atom is -0.370 e. The number of carbonyl (C=O) groups is 1. The van der Waals surface area contributed by atoms with Gasteiger partial charge in [-0.3, -0.25) is 4.79 Å². The fourth-order valence-electron chi connectivity index (χ4n) is 1.76. The summed E-state index contributed by atoms with van der Waals surface area (Å²) in [6.07, 6.45) is 5.57. The fourth-order valence-corrected chi connectivity index (χ4v) is 1.76. The number of ether oxygens (including phenoxy) is 1. The van der Waals surface area contributed by atoms with Gasteiger partial charge in [-0.2, -0.15) is 0 Å². The van der Waals surface area contributed by atoms with E-state index in [2.05, 4.69) is 0 Å². The number of rotatable bonds is 4. The molecule has 1 aliphatic carbocycles. The zero-order chi connectivity index (χ0) is 9.73. The highest BCUT2D eigenvalue weighted by atomic mass is 16.5. The number of nitrogens with two attached hydrogens (primary N) is 2. The van der Waals surface area contributed by atoms with Gasteiger partial charge in [0.1, 0.15) is 6.61 Å². The highest BCUT2D eigenvalue weighted by Gasteiger charge is 2.27. The molecule has 76 valence electrons. The van der Waals surface area contributed by atoms with Crippen molar-refractivity contribution >= 4 is 5.91 Å². The van der Waals surface area contributed by atoms with Gasteiger partial charge in [-0.15, -0.1) is 0 Å². The van der Waals surface area contributed by atoms with Crippen LogP contribution in [0.1, 0.15) is 32.1 Å². The van der Waals surface area contributed by atoms with Crippen molar-refractivity contribution in [3.63, 3.8) is 0 Å². The van der Waals surface area contributed by atoms with Crippen molar-refractivity contribution in [3.8, 4) is 0 Å². The van der Waals surface area contributed by atoms with Crippen molar-refractivity contribution in [2.24, 2.45) is 11.5 Å². The Balaban J connectivity index is 2.21. The summed E-state index contributed by atoms with van der Waals surface area (Å²) in [5.74, 6) is -0.431. The maximum absolute atomic E-state index is 10.4. The summed E-state index contributed by atoms with van der Waals surface area (Å²) >= 11 is 0. The molecule has 0 aromatic rings. The van der Waals surface area contributed by atoms with Crippen LogP contribution >= 0.6 is 0 Å². The highest BCUT2D eigenvalue weighted by Crippen LogP contribution is 2.25. The Labute approximate surface area is 78.6 Å². The number of hydrogen-bond acceptors (Lipinski definition) is 3. The third-order valence-electron chi connectivity index (χ3n) is 2.48. The molecule has 0 bridgehead atoms. The van der Waals surface area contributed by atoms with Gasteiger partial charge in [0.05, 0.1) is 6.61 Å². The molecular formula is C9H18N2O2. The van der Waals surface area contributed by atoms with E-state index in [-0.39, 0.29) is 12.1 Å². The van der Waals surface area contributed by atoms with Crippen LogP contribution in [0.4, 0.5) is 0 Å². The smallest absolute Gasteiger partial charge is 0.243 e. The molecule has 4 heteroatoms. The first-order valence-corrected chi connectivity index (χ1v) is 4.77. The maximum Gasteiger partial charge on any atom is 0.243 e. The van der Waals surface area contributed by atoms with Gasteiger partial charge in [0.15, 0.2) is 0 Å². The molecule has 4 N–H and O–H groups in total. The van der Waals surface area contributed by atoms with E-state index in [0.29, 0.717) is 6.61 Å². The molecule has 1 amide bonds. The van der Waals surface area contributed by atoms with Crippen LogP contribution in [0.25, 0.3) is 0 Å². The normalized spacial score (nSPS) is 21.3. The number of amides is 1. The van der Waals surface area contributed by atoms with Crippen molar-refractivity contribution < 1.29 is 9.53 Å². The van der Waals surface area contributed by atoms with Crippen molar-refractivity contribution in [1.29, 1.82) is 0 Å². The standard InChI is InChI=1S/C9H18N2O2/c10-8(12)6-13-7-9(11)4-2-1-3-5-9/h1-7,11H2,(H2,10,12). The number of hydrogen-bond donors (Lipinski definition) is 2. The van der Waals surface area contributed by atoms with Gasteiger partial charge in [-0.1, -0.05) is 19.3 Å². The Bertz CT molecular complexity index is 176. The largest absolute Gasteiger partial charge is 0.370 e. The predicted octanol–water partition coefficient (Wildman–Crippen LogP) is 0.150. The van der Waals surface area contributed by atoms with Crippen LogP contribution in [0.5, 0.6) is 0 Å². The second kappa shape index (κ2) is 4.58. The third kappa shape index (κ3) is 3.74. The molecule has 0 saturated heterocycles. The summed E-state index contributed by atoms with van der Waals surface area (Å²) in [7, 11) is 0. The van der Waals surface area contributed by atoms with Crippen molar-refractivity contribution in [3.05, 3.63) is 0 Å². The lowest BCUT2D eigenvalue weighted by atomic mass is 9.83. The maximum atomic E-state index is 10.4. The first-order valence-electron chi connectivity index (χ1n) is 4.77. The van der Waals surface area contributed by atoms with Gasteiger partial charge < -0.3 is 16.2 Å². The van der Waals surface area contributed by atoms with Crippen molar-refractivity contribution in [1.82, 2.24) is 0 Å². The van der Waals surface area contributed by atoms with Gasteiger partial charge in [-0.05, 0) is 12.8 Å². The molecule has 4 nitrogen and oxygen atoms in total. The summed E-state index contributed by atoms with van der Waals surface area (Å²) in [5.41, 5.74) is 10.8. The van der Waals surface area contributed by atoms with E-state index >= 15 is 0 Å². The van der Waals surface area contributed by atoms with Gasteiger partial charge in [0.2, 0.25) is 5.91 Å². The Hall–Kier alpha value is -0.610. The average molecular weight is 186 g/mol. The third-order valence-corrected chi connectivity index (χ3v) is 2.48. The Morgan fingerprint density at radius 2 is 1.92 bits per heavy atom. The monoisotopic (exact) mass is 186 g/mol. The van der Waals surface area contributed by atoms with E-state index in [4.69, 9.17) is 16.2 Å².